The average molecular weight is 567 g/mol. The minimum Gasteiger partial charge on any atom is -0.493 e. The fourth-order valence-electron chi connectivity index (χ4n) is 4.55. The second-order valence-electron chi connectivity index (χ2n) is 9.70. The fraction of sp³-hybridized carbons (Fsp3) is 0.182. The van der Waals surface area contributed by atoms with E-state index in [1.54, 1.807) is 49.4 Å². The molecule has 4 rings (SSSR count). The van der Waals surface area contributed by atoms with Crippen LogP contribution in [0.15, 0.2) is 103 Å². The number of nitrogen functional groups attached to an aromatic ring is 1. The number of benzene rings is 4. The third-order valence-corrected chi connectivity index (χ3v) is 6.85. The molecule has 1 amide bonds. The molecule has 0 fully saturated rings. The highest BCUT2D eigenvalue weighted by Crippen LogP contribution is 2.34. The van der Waals surface area contributed by atoms with Crippen LogP contribution in [-0.4, -0.2) is 41.4 Å². The molecule has 0 unspecified atom stereocenters. The van der Waals surface area contributed by atoms with Gasteiger partial charge in [-0.05, 0) is 60.0 Å². The summed E-state index contributed by atoms with van der Waals surface area (Å²) in [5.41, 5.74) is 9.08. The molecule has 4 aromatic carbocycles. The highest BCUT2D eigenvalue weighted by atomic mass is 16.5. The molecule has 4 aromatic rings. The average Bonchev–Trinajstić information content (AvgIpc) is 3.02. The molecule has 0 saturated carbocycles. The molecule has 0 aliphatic rings. The first-order valence-corrected chi connectivity index (χ1v) is 13.4. The van der Waals surface area contributed by atoms with Crippen molar-refractivity contribution in [1.29, 1.82) is 5.41 Å². The number of carboxylic acid groups (broad SMARTS) is 1. The van der Waals surface area contributed by atoms with Crippen LogP contribution in [0.2, 0.25) is 0 Å². The molecule has 42 heavy (non-hydrogen) atoms. The van der Waals surface area contributed by atoms with Gasteiger partial charge in [0.25, 0.3) is 5.91 Å². The Bertz CT molecular complexity index is 1510. The van der Waals surface area contributed by atoms with Gasteiger partial charge in [0, 0.05) is 11.3 Å². The Hall–Kier alpha value is -5.31. The molecule has 9 heteroatoms. The number of nitrogens with zero attached hydrogens (tertiary/aromatic N) is 1. The number of carbonyl (C=O) groups excluding carboxylic acids is 1. The normalized spacial score (nSPS) is 12.0. The van der Waals surface area contributed by atoms with E-state index in [-0.39, 0.29) is 5.84 Å². The van der Waals surface area contributed by atoms with Crippen molar-refractivity contribution in [3.63, 3.8) is 0 Å². The van der Waals surface area contributed by atoms with Gasteiger partial charge in [-0.15, -0.1) is 0 Å². The van der Waals surface area contributed by atoms with Gasteiger partial charge in [-0.3, -0.25) is 15.0 Å². The Morgan fingerprint density at radius 1 is 0.905 bits per heavy atom. The number of carbonyl (C=O) groups is 2. The Balaban J connectivity index is 1.71. The van der Waals surface area contributed by atoms with E-state index in [0.29, 0.717) is 34.9 Å². The van der Waals surface area contributed by atoms with Crippen molar-refractivity contribution < 1.29 is 24.2 Å². The van der Waals surface area contributed by atoms with Crippen molar-refractivity contribution >= 4 is 23.4 Å². The van der Waals surface area contributed by atoms with Gasteiger partial charge in [-0.2, -0.15) is 0 Å². The van der Waals surface area contributed by atoms with E-state index >= 15 is 0 Å². The van der Waals surface area contributed by atoms with Crippen molar-refractivity contribution in [2.45, 2.75) is 25.6 Å². The number of hydrogen-bond acceptors (Lipinski definition) is 6. The van der Waals surface area contributed by atoms with E-state index in [2.05, 4.69) is 5.32 Å². The molecule has 0 heterocycles. The summed E-state index contributed by atoms with van der Waals surface area (Å²) in [4.78, 5) is 27.5. The Morgan fingerprint density at radius 2 is 1.55 bits per heavy atom. The first kappa shape index (κ1) is 29.7. The van der Waals surface area contributed by atoms with Crippen LogP contribution in [0.5, 0.6) is 11.5 Å². The number of nitrogens with one attached hydrogen (secondary N) is 2. The summed E-state index contributed by atoms with van der Waals surface area (Å²) in [7, 11) is 1.52. The second kappa shape index (κ2) is 13.8. The third-order valence-electron chi connectivity index (χ3n) is 6.85. The summed E-state index contributed by atoms with van der Waals surface area (Å²) >= 11 is 0. The van der Waals surface area contributed by atoms with Crippen molar-refractivity contribution in [2.24, 2.45) is 5.73 Å². The van der Waals surface area contributed by atoms with Gasteiger partial charge in [-0.25, -0.2) is 0 Å². The maximum atomic E-state index is 14.2. The number of ether oxygens (including phenoxy) is 2. The zero-order chi connectivity index (χ0) is 30.1. The van der Waals surface area contributed by atoms with E-state index in [4.69, 9.17) is 20.6 Å². The standard InChI is InChI=1S/C33H34N4O5/c1-22(24-11-7-4-8-12-24)37(20-30(38)39)33(40)31(36-27-16-13-25(14-17-27)32(34)35)26-15-18-28(29(19-26)41-2)42-21-23-9-5-3-6-10-23/h3-19,22,31,36H,20-21H2,1-2H3,(H3,34,35)(H,38,39)/t22-,31-/m1/s1. The molecule has 0 bridgehead atoms. The lowest BCUT2D eigenvalue weighted by atomic mass is 10.0. The van der Waals surface area contributed by atoms with Gasteiger partial charge in [0.2, 0.25) is 0 Å². The molecule has 0 aliphatic carbocycles. The summed E-state index contributed by atoms with van der Waals surface area (Å²) in [6.07, 6.45) is 0. The first-order valence-electron chi connectivity index (χ1n) is 13.4. The van der Waals surface area contributed by atoms with E-state index in [1.165, 1.54) is 12.0 Å². The minimum atomic E-state index is -1.13. The van der Waals surface area contributed by atoms with Crippen LogP contribution in [0.1, 0.15) is 41.3 Å². The second-order valence-corrected chi connectivity index (χ2v) is 9.70. The van der Waals surface area contributed by atoms with E-state index in [1.807, 2.05) is 60.7 Å². The number of methoxy groups -OCH3 is 1. The van der Waals surface area contributed by atoms with Crippen LogP contribution in [0.3, 0.4) is 0 Å². The molecule has 9 nitrogen and oxygen atoms in total. The summed E-state index contributed by atoms with van der Waals surface area (Å²) in [6, 6.07) is 29.5. The van der Waals surface area contributed by atoms with Crippen LogP contribution in [0.25, 0.3) is 0 Å². The number of hydrogen-bond donors (Lipinski definition) is 4. The lowest BCUT2D eigenvalue weighted by Gasteiger charge is -2.32. The Kier molecular flexibility index (Phi) is 9.78. The topological polar surface area (TPSA) is 138 Å². The van der Waals surface area contributed by atoms with Crippen LogP contribution in [0.4, 0.5) is 5.69 Å². The van der Waals surface area contributed by atoms with Crippen molar-refractivity contribution in [3.8, 4) is 11.5 Å². The van der Waals surface area contributed by atoms with Crippen molar-refractivity contribution in [3.05, 3.63) is 125 Å². The highest BCUT2D eigenvalue weighted by Gasteiger charge is 2.32. The molecule has 0 aliphatic heterocycles. The summed E-state index contributed by atoms with van der Waals surface area (Å²) < 4.78 is 11.6. The predicted octanol–water partition coefficient (Wildman–Crippen LogP) is 5.39. The van der Waals surface area contributed by atoms with Crippen LogP contribution < -0.4 is 20.5 Å². The highest BCUT2D eigenvalue weighted by molar-refractivity contribution is 5.95. The quantitative estimate of drug-likeness (QED) is 0.126. The van der Waals surface area contributed by atoms with E-state index in [0.717, 1.165) is 11.1 Å². The molecule has 0 radical (unpaired) electrons. The number of amidine groups is 1. The zero-order valence-corrected chi connectivity index (χ0v) is 23.5. The molecular formula is C33H34N4O5. The number of rotatable bonds is 13. The molecule has 0 aromatic heterocycles. The minimum absolute atomic E-state index is 0.0747. The summed E-state index contributed by atoms with van der Waals surface area (Å²) in [5.74, 6) is -0.713. The summed E-state index contributed by atoms with van der Waals surface area (Å²) in [6.45, 7) is 1.64. The maximum absolute atomic E-state index is 14.2. The number of anilines is 1. The van der Waals surface area contributed by atoms with Crippen molar-refractivity contribution in [2.75, 3.05) is 19.0 Å². The van der Waals surface area contributed by atoms with Gasteiger partial charge >= 0.3 is 5.97 Å². The van der Waals surface area contributed by atoms with Gasteiger partial charge in [0.15, 0.2) is 11.5 Å². The number of aliphatic carboxylic acids is 1. The maximum Gasteiger partial charge on any atom is 0.323 e. The van der Waals surface area contributed by atoms with Crippen molar-refractivity contribution in [1.82, 2.24) is 4.90 Å². The molecule has 0 saturated heterocycles. The van der Waals surface area contributed by atoms with Gasteiger partial charge in [0.05, 0.1) is 13.2 Å². The molecule has 0 spiro atoms. The monoisotopic (exact) mass is 566 g/mol. The predicted molar refractivity (Wildman–Crippen MR) is 162 cm³/mol. The molecule has 216 valence electrons. The lowest BCUT2D eigenvalue weighted by molar-refractivity contribution is -0.146. The largest absolute Gasteiger partial charge is 0.493 e. The van der Waals surface area contributed by atoms with Crippen LogP contribution >= 0.6 is 0 Å². The van der Waals surface area contributed by atoms with Crippen LogP contribution in [0, 0.1) is 5.41 Å². The number of carboxylic acids is 1. The Morgan fingerprint density at radius 3 is 2.14 bits per heavy atom. The Labute approximate surface area is 245 Å². The fourth-order valence-corrected chi connectivity index (χ4v) is 4.55. The van der Waals surface area contributed by atoms with E-state index < -0.39 is 30.5 Å². The zero-order valence-electron chi connectivity index (χ0n) is 23.5. The third kappa shape index (κ3) is 7.45. The smallest absolute Gasteiger partial charge is 0.323 e. The lowest BCUT2D eigenvalue weighted by Crippen LogP contribution is -2.42. The number of amides is 1. The van der Waals surface area contributed by atoms with Crippen LogP contribution in [-0.2, 0) is 16.2 Å². The van der Waals surface area contributed by atoms with Gasteiger partial charge in [0.1, 0.15) is 25.0 Å². The summed E-state index contributed by atoms with van der Waals surface area (Å²) in [5, 5.41) is 20.7. The van der Waals surface area contributed by atoms with Gasteiger partial charge < -0.3 is 30.5 Å². The van der Waals surface area contributed by atoms with E-state index in [9.17, 15) is 14.7 Å². The molecular weight excluding hydrogens is 532 g/mol. The molecule has 2 atom stereocenters. The SMILES string of the molecule is COc1cc([C@@H](Nc2ccc(C(=N)N)cc2)C(=O)N(CC(=O)O)[C@H](C)c2ccccc2)ccc1OCc1ccccc1. The first-order chi connectivity index (χ1) is 20.3. The van der Waals surface area contributed by atoms with Gasteiger partial charge in [-0.1, -0.05) is 66.7 Å². The molecule has 5 N–H and O–H groups in total. The number of nitrogens with two attached hydrogens (primary N) is 1.